The van der Waals surface area contributed by atoms with Crippen molar-refractivity contribution in [3.8, 4) is 0 Å². The second-order valence-electron chi connectivity index (χ2n) is 4.32. The molecule has 0 saturated heterocycles. The molecule has 17 heavy (non-hydrogen) atoms. The van der Waals surface area contributed by atoms with Gasteiger partial charge in [-0.15, -0.1) is 12.4 Å². The average molecular weight is 287 g/mol. The van der Waals surface area contributed by atoms with Crippen LogP contribution in [0.1, 0.15) is 25.7 Å². The van der Waals surface area contributed by atoms with E-state index in [-0.39, 0.29) is 30.8 Å². The Morgan fingerprint density at radius 1 is 1.41 bits per heavy atom. The summed E-state index contributed by atoms with van der Waals surface area (Å²) in [5.74, 6) is 0.412. The summed E-state index contributed by atoms with van der Waals surface area (Å²) >= 11 is 0. The SMILES string of the molecule is COCCS(=O)(=O)NC(CN)C1CCCC1.Cl. The zero-order valence-corrected chi connectivity index (χ0v) is 11.9. The van der Waals surface area contributed by atoms with Crippen molar-refractivity contribution in [2.45, 2.75) is 31.7 Å². The van der Waals surface area contributed by atoms with E-state index in [1.807, 2.05) is 0 Å². The maximum Gasteiger partial charge on any atom is 0.214 e. The lowest BCUT2D eigenvalue weighted by Crippen LogP contribution is -2.45. The highest BCUT2D eigenvalue weighted by Gasteiger charge is 2.27. The third-order valence-corrected chi connectivity index (χ3v) is 4.48. The van der Waals surface area contributed by atoms with E-state index < -0.39 is 10.0 Å². The van der Waals surface area contributed by atoms with E-state index in [2.05, 4.69) is 4.72 Å². The third-order valence-electron chi connectivity index (χ3n) is 3.11. The number of halogens is 1. The van der Waals surface area contributed by atoms with Crippen LogP contribution in [0, 0.1) is 5.92 Å². The lowest BCUT2D eigenvalue weighted by atomic mass is 9.99. The molecule has 1 rings (SSSR count). The minimum Gasteiger partial charge on any atom is -0.384 e. The highest BCUT2D eigenvalue weighted by molar-refractivity contribution is 7.89. The quantitative estimate of drug-likeness (QED) is 0.714. The van der Waals surface area contributed by atoms with Gasteiger partial charge in [0.15, 0.2) is 0 Å². The summed E-state index contributed by atoms with van der Waals surface area (Å²) < 4.78 is 30.8. The lowest BCUT2D eigenvalue weighted by Gasteiger charge is -2.22. The fourth-order valence-corrected chi connectivity index (χ4v) is 3.43. The zero-order valence-electron chi connectivity index (χ0n) is 10.2. The van der Waals surface area contributed by atoms with Gasteiger partial charge in [-0.1, -0.05) is 12.8 Å². The molecule has 0 aliphatic heterocycles. The molecular formula is C10H23ClN2O3S. The van der Waals surface area contributed by atoms with E-state index in [1.54, 1.807) is 0 Å². The van der Waals surface area contributed by atoms with Crippen LogP contribution < -0.4 is 10.5 Å². The minimum absolute atomic E-state index is 0. The van der Waals surface area contributed by atoms with Gasteiger partial charge in [0.1, 0.15) is 0 Å². The second-order valence-corrected chi connectivity index (χ2v) is 6.19. The van der Waals surface area contributed by atoms with Gasteiger partial charge in [-0.3, -0.25) is 0 Å². The normalized spacial score (nSPS) is 18.9. The molecule has 0 aromatic rings. The van der Waals surface area contributed by atoms with Gasteiger partial charge in [0.2, 0.25) is 10.0 Å². The highest BCUT2D eigenvalue weighted by Crippen LogP contribution is 2.27. The molecule has 104 valence electrons. The Balaban J connectivity index is 0.00000256. The van der Waals surface area contributed by atoms with E-state index >= 15 is 0 Å². The predicted molar refractivity (Wildman–Crippen MR) is 70.8 cm³/mol. The molecule has 0 amide bonds. The van der Waals surface area contributed by atoms with Crippen molar-refractivity contribution in [1.82, 2.24) is 4.72 Å². The van der Waals surface area contributed by atoms with Crippen molar-refractivity contribution in [1.29, 1.82) is 0 Å². The van der Waals surface area contributed by atoms with Gasteiger partial charge in [-0.05, 0) is 18.8 Å². The maximum absolute atomic E-state index is 11.7. The number of hydrogen-bond acceptors (Lipinski definition) is 4. The van der Waals surface area contributed by atoms with Gasteiger partial charge in [0.05, 0.1) is 12.4 Å². The first-order valence-electron chi connectivity index (χ1n) is 5.78. The van der Waals surface area contributed by atoms with Crippen LogP contribution in [-0.4, -0.2) is 40.5 Å². The number of rotatable bonds is 7. The van der Waals surface area contributed by atoms with Crippen molar-refractivity contribution in [3.63, 3.8) is 0 Å². The maximum atomic E-state index is 11.7. The van der Waals surface area contributed by atoms with Gasteiger partial charge in [-0.2, -0.15) is 0 Å². The molecule has 1 atom stereocenters. The van der Waals surface area contributed by atoms with Crippen LogP contribution in [0.3, 0.4) is 0 Å². The van der Waals surface area contributed by atoms with Crippen LogP contribution >= 0.6 is 12.4 Å². The molecule has 0 bridgehead atoms. The van der Waals surface area contributed by atoms with E-state index in [0.29, 0.717) is 12.5 Å². The van der Waals surface area contributed by atoms with Gasteiger partial charge in [-0.25, -0.2) is 13.1 Å². The Kier molecular flexibility index (Phi) is 8.32. The van der Waals surface area contributed by atoms with Crippen LogP contribution in [0.15, 0.2) is 0 Å². The molecule has 1 aliphatic carbocycles. The molecule has 1 aliphatic rings. The number of nitrogens with two attached hydrogens (primary N) is 1. The molecule has 7 heteroatoms. The van der Waals surface area contributed by atoms with Gasteiger partial charge in [0, 0.05) is 19.7 Å². The fraction of sp³-hybridized carbons (Fsp3) is 1.00. The Morgan fingerprint density at radius 2 is 2.00 bits per heavy atom. The Hall–Kier alpha value is 0.120. The summed E-state index contributed by atoms with van der Waals surface area (Å²) in [6, 6.07) is -0.107. The molecule has 0 spiro atoms. The van der Waals surface area contributed by atoms with Crippen molar-refractivity contribution >= 4 is 22.4 Å². The van der Waals surface area contributed by atoms with Crippen LogP contribution in [0.2, 0.25) is 0 Å². The Bertz CT molecular complexity index is 292. The van der Waals surface area contributed by atoms with Gasteiger partial charge < -0.3 is 10.5 Å². The number of sulfonamides is 1. The summed E-state index contributed by atoms with van der Waals surface area (Å²) in [5.41, 5.74) is 5.63. The molecule has 0 aromatic carbocycles. The summed E-state index contributed by atoms with van der Waals surface area (Å²) in [4.78, 5) is 0. The van der Waals surface area contributed by atoms with Crippen LogP contribution in [-0.2, 0) is 14.8 Å². The topological polar surface area (TPSA) is 81.4 Å². The van der Waals surface area contributed by atoms with Crippen LogP contribution in [0.5, 0.6) is 0 Å². The Morgan fingerprint density at radius 3 is 2.47 bits per heavy atom. The van der Waals surface area contributed by atoms with Crippen molar-refractivity contribution < 1.29 is 13.2 Å². The zero-order chi connectivity index (χ0) is 12.0. The van der Waals surface area contributed by atoms with E-state index in [0.717, 1.165) is 12.8 Å². The second kappa shape index (κ2) is 8.26. The van der Waals surface area contributed by atoms with E-state index in [1.165, 1.54) is 20.0 Å². The molecule has 1 saturated carbocycles. The van der Waals surface area contributed by atoms with E-state index in [9.17, 15) is 8.42 Å². The Labute approximate surface area is 110 Å². The molecule has 0 aromatic heterocycles. The summed E-state index contributed by atoms with van der Waals surface area (Å²) in [6.45, 7) is 0.591. The minimum atomic E-state index is -3.25. The first kappa shape index (κ1) is 17.1. The molecule has 1 unspecified atom stereocenters. The molecule has 3 N–H and O–H groups in total. The molecule has 1 fully saturated rings. The monoisotopic (exact) mass is 286 g/mol. The predicted octanol–water partition coefficient (Wildman–Crippen LogP) is 0.491. The van der Waals surface area contributed by atoms with Gasteiger partial charge >= 0.3 is 0 Å². The standard InChI is InChI=1S/C10H22N2O3S.ClH/c1-15-6-7-16(13,14)12-10(8-11)9-4-2-3-5-9;/h9-10,12H,2-8,11H2,1H3;1H. The first-order valence-corrected chi connectivity index (χ1v) is 7.43. The van der Waals surface area contributed by atoms with Crippen LogP contribution in [0.25, 0.3) is 0 Å². The third kappa shape index (κ3) is 6.01. The lowest BCUT2D eigenvalue weighted by molar-refractivity contribution is 0.216. The first-order chi connectivity index (χ1) is 7.59. The summed E-state index contributed by atoms with van der Waals surface area (Å²) in [6.07, 6.45) is 4.52. The van der Waals surface area contributed by atoms with Crippen LogP contribution in [0.4, 0.5) is 0 Å². The van der Waals surface area contributed by atoms with Gasteiger partial charge in [0.25, 0.3) is 0 Å². The van der Waals surface area contributed by atoms with Crippen molar-refractivity contribution in [2.24, 2.45) is 11.7 Å². The molecular weight excluding hydrogens is 264 g/mol. The molecule has 0 heterocycles. The highest BCUT2D eigenvalue weighted by atomic mass is 35.5. The summed E-state index contributed by atoms with van der Waals surface area (Å²) in [7, 11) is -1.75. The summed E-state index contributed by atoms with van der Waals surface area (Å²) in [5, 5.41) is 0. The number of nitrogens with one attached hydrogen (secondary N) is 1. The molecule has 5 nitrogen and oxygen atoms in total. The van der Waals surface area contributed by atoms with E-state index in [4.69, 9.17) is 10.5 Å². The van der Waals surface area contributed by atoms with Crippen molar-refractivity contribution in [3.05, 3.63) is 0 Å². The average Bonchev–Trinajstić information content (AvgIpc) is 2.76. The largest absolute Gasteiger partial charge is 0.384 e. The fourth-order valence-electron chi connectivity index (χ4n) is 2.18. The molecule has 0 radical (unpaired) electrons. The number of ether oxygens (including phenoxy) is 1. The number of hydrogen-bond donors (Lipinski definition) is 2. The number of methoxy groups -OCH3 is 1. The smallest absolute Gasteiger partial charge is 0.214 e. The van der Waals surface area contributed by atoms with Crippen molar-refractivity contribution in [2.75, 3.05) is 26.0 Å².